The monoisotopic (exact) mass is 487 g/mol. The lowest BCUT2D eigenvalue weighted by atomic mass is 9.85. The molecule has 0 saturated heterocycles. The molecule has 0 saturated carbocycles. The predicted octanol–water partition coefficient (Wildman–Crippen LogP) is 6.26. The molecule has 0 bridgehead atoms. The van der Waals surface area contributed by atoms with Crippen LogP contribution in [0.3, 0.4) is 0 Å². The van der Waals surface area contributed by atoms with Crippen molar-refractivity contribution in [1.29, 1.82) is 0 Å². The largest absolute Gasteiger partial charge is 0.311 e. The zero-order valence-electron chi connectivity index (χ0n) is 20.1. The highest BCUT2D eigenvalue weighted by molar-refractivity contribution is 7.82. The molecule has 0 aliphatic heterocycles. The quantitative estimate of drug-likeness (QED) is 0.281. The Balaban J connectivity index is 1.79. The number of rotatable bonds is 4. The summed E-state index contributed by atoms with van der Waals surface area (Å²) < 4.78 is 17.2. The Bertz CT molecular complexity index is 1680. The van der Waals surface area contributed by atoms with Crippen LogP contribution in [0.5, 0.6) is 0 Å². The van der Waals surface area contributed by atoms with Gasteiger partial charge in [0.25, 0.3) is 5.56 Å². The van der Waals surface area contributed by atoms with Crippen molar-refractivity contribution in [2.24, 2.45) is 7.05 Å². The first-order valence-corrected chi connectivity index (χ1v) is 13.9. The Hall–Kier alpha value is -3.94. The number of pyridine rings is 1. The van der Waals surface area contributed by atoms with E-state index in [1.807, 2.05) is 116 Å². The zero-order valence-corrected chi connectivity index (χ0v) is 21.0. The van der Waals surface area contributed by atoms with Crippen LogP contribution in [0, 0.1) is 0 Å². The van der Waals surface area contributed by atoms with E-state index in [4.69, 9.17) is 0 Å². The second-order valence-electron chi connectivity index (χ2n) is 9.20. The molecular formula is C32H26NO2P. The van der Waals surface area contributed by atoms with Gasteiger partial charge in [-0.3, -0.25) is 4.79 Å². The molecule has 0 N–H and O–H groups in total. The number of hydrogen-bond donors (Lipinski definition) is 0. The van der Waals surface area contributed by atoms with Gasteiger partial charge in [-0.25, -0.2) is 0 Å². The van der Waals surface area contributed by atoms with Crippen LogP contribution in [0.25, 0.3) is 16.5 Å². The van der Waals surface area contributed by atoms with Gasteiger partial charge in [0.2, 0.25) is 0 Å². The first-order valence-electron chi connectivity index (χ1n) is 12.2. The van der Waals surface area contributed by atoms with E-state index in [1.54, 1.807) is 4.57 Å². The van der Waals surface area contributed by atoms with Crippen molar-refractivity contribution in [3.63, 3.8) is 0 Å². The normalized spacial score (nSPS) is 13.6. The molecule has 0 radical (unpaired) electrons. The highest BCUT2D eigenvalue weighted by atomic mass is 31.2. The smallest absolute Gasteiger partial charge is 0.258 e. The molecule has 1 heterocycles. The average molecular weight is 488 g/mol. The van der Waals surface area contributed by atoms with Crippen LogP contribution < -0.4 is 16.2 Å². The van der Waals surface area contributed by atoms with Gasteiger partial charge in [-0.1, -0.05) is 109 Å². The van der Waals surface area contributed by atoms with Gasteiger partial charge in [-0.05, 0) is 30.0 Å². The van der Waals surface area contributed by atoms with E-state index in [9.17, 15) is 4.79 Å². The fraction of sp³-hybridized carbons (Fsp3) is 0.0938. The Morgan fingerprint density at radius 3 is 1.81 bits per heavy atom. The summed E-state index contributed by atoms with van der Waals surface area (Å²) in [6.45, 7) is 0. The SMILES string of the molecule is Cn1c(=O)c2c(c3ccccc31)CCC(P(=O)(c1ccccc1)c1ccccc1)=C2c1ccccc1. The lowest BCUT2D eigenvalue weighted by molar-refractivity contribution is 0.589. The van der Waals surface area contributed by atoms with E-state index >= 15 is 4.57 Å². The van der Waals surface area contributed by atoms with Crippen molar-refractivity contribution in [1.82, 2.24) is 4.57 Å². The van der Waals surface area contributed by atoms with Crippen molar-refractivity contribution in [2.75, 3.05) is 0 Å². The fourth-order valence-corrected chi connectivity index (χ4v) is 8.65. The van der Waals surface area contributed by atoms with Gasteiger partial charge in [-0.2, -0.15) is 0 Å². The third-order valence-corrected chi connectivity index (χ3v) is 10.5. The highest BCUT2D eigenvalue weighted by Crippen LogP contribution is 2.58. The van der Waals surface area contributed by atoms with Gasteiger partial charge in [-0.15, -0.1) is 0 Å². The maximum Gasteiger partial charge on any atom is 0.258 e. The van der Waals surface area contributed by atoms with Gasteiger partial charge in [0.15, 0.2) is 7.14 Å². The fourth-order valence-electron chi connectivity index (χ4n) is 5.56. The van der Waals surface area contributed by atoms with E-state index in [2.05, 4.69) is 6.07 Å². The van der Waals surface area contributed by atoms with Crippen molar-refractivity contribution >= 4 is 34.2 Å². The molecule has 4 heteroatoms. The minimum absolute atomic E-state index is 0.0487. The summed E-state index contributed by atoms with van der Waals surface area (Å²) in [7, 11) is -1.41. The van der Waals surface area contributed by atoms with Gasteiger partial charge in [0, 0.05) is 33.9 Å². The summed E-state index contributed by atoms with van der Waals surface area (Å²) in [4.78, 5) is 14.0. The van der Waals surface area contributed by atoms with Crippen LogP contribution in [-0.2, 0) is 18.0 Å². The lowest BCUT2D eigenvalue weighted by Crippen LogP contribution is -2.28. The number of fused-ring (bicyclic) bond motifs is 3. The van der Waals surface area contributed by atoms with E-state index in [-0.39, 0.29) is 5.56 Å². The maximum absolute atomic E-state index is 15.5. The molecule has 5 aromatic rings. The van der Waals surface area contributed by atoms with Crippen LogP contribution >= 0.6 is 7.14 Å². The summed E-state index contributed by atoms with van der Waals surface area (Å²) in [5.41, 5.74) is 4.34. The molecule has 36 heavy (non-hydrogen) atoms. The number of benzene rings is 4. The minimum Gasteiger partial charge on any atom is -0.311 e. The van der Waals surface area contributed by atoms with Crippen LogP contribution in [-0.4, -0.2) is 4.57 Å². The molecule has 1 aromatic heterocycles. The molecule has 176 valence electrons. The average Bonchev–Trinajstić information content (AvgIpc) is 2.96. The molecule has 0 spiro atoms. The minimum atomic E-state index is -3.24. The van der Waals surface area contributed by atoms with E-state index < -0.39 is 7.14 Å². The molecule has 0 amide bonds. The third kappa shape index (κ3) is 3.43. The second kappa shape index (κ2) is 8.93. The first kappa shape index (κ1) is 22.5. The van der Waals surface area contributed by atoms with Gasteiger partial charge in [0.1, 0.15) is 0 Å². The maximum atomic E-state index is 15.5. The van der Waals surface area contributed by atoms with Crippen LogP contribution in [0.15, 0.2) is 125 Å². The molecule has 0 fully saturated rings. The molecule has 0 unspecified atom stereocenters. The third-order valence-electron chi connectivity index (χ3n) is 7.24. The molecule has 1 aliphatic rings. The summed E-state index contributed by atoms with van der Waals surface area (Å²) in [6, 6.07) is 37.6. The Morgan fingerprint density at radius 2 is 1.19 bits per heavy atom. The van der Waals surface area contributed by atoms with E-state index in [1.165, 1.54) is 0 Å². The number of allylic oxidation sites excluding steroid dienone is 1. The molecule has 1 aliphatic carbocycles. The summed E-state index contributed by atoms with van der Waals surface area (Å²) >= 11 is 0. The van der Waals surface area contributed by atoms with Crippen molar-refractivity contribution in [2.45, 2.75) is 12.8 Å². The van der Waals surface area contributed by atoms with Crippen molar-refractivity contribution in [3.8, 4) is 0 Å². The number of nitrogens with zero attached hydrogens (tertiary/aromatic N) is 1. The Labute approximate surface area is 210 Å². The summed E-state index contributed by atoms with van der Waals surface area (Å²) in [5, 5.41) is 3.52. The molecular weight excluding hydrogens is 461 g/mol. The summed E-state index contributed by atoms with van der Waals surface area (Å²) in [6.07, 6.45) is 1.29. The van der Waals surface area contributed by atoms with E-state index in [0.717, 1.165) is 43.5 Å². The van der Waals surface area contributed by atoms with Gasteiger partial charge < -0.3 is 9.13 Å². The standard InChI is InChI=1S/C32H26NO2P/c1-33-28-20-12-11-19-26(28)27-21-22-29(30(31(27)32(33)34)23-13-5-2-6-14-23)36(35,24-15-7-3-8-16-24)25-17-9-4-10-18-25/h2-20H,21-22H2,1H3. The lowest BCUT2D eigenvalue weighted by Gasteiger charge is -2.31. The van der Waals surface area contributed by atoms with Crippen molar-refractivity contribution < 1.29 is 4.57 Å². The number of para-hydroxylation sites is 1. The molecule has 4 aromatic carbocycles. The Morgan fingerprint density at radius 1 is 0.667 bits per heavy atom. The summed E-state index contributed by atoms with van der Waals surface area (Å²) in [5.74, 6) is 0. The molecule has 6 rings (SSSR count). The topological polar surface area (TPSA) is 39.1 Å². The van der Waals surface area contributed by atoms with Crippen LogP contribution in [0.2, 0.25) is 0 Å². The van der Waals surface area contributed by atoms with E-state index in [0.29, 0.717) is 18.4 Å². The van der Waals surface area contributed by atoms with Crippen LogP contribution in [0.4, 0.5) is 0 Å². The highest BCUT2D eigenvalue weighted by Gasteiger charge is 2.38. The van der Waals surface area contributed by atoms with Crippen LogP contribution in [0.1, 0.15) is 23.1 Å². The number of aryl methyl sites for hydroxylation is 2. The Kier molecular flexibility index (Phi) is 5.59. The first-order chi connectivity index (χ1) is 17.6. The van der Waals surface area contributed by atoms with Gasteiger partial charge >= 0.3 is 0 Å². The number of aromatic nitrogens is 1. The molecule has 0 atom stereocenters. The van der Waals surface area contributed by atoms with Crippen molar-refractivity contribution in [3.05, 3.63) is 148 Å². The predicted molar refractivity (Wildman–Crippen MR) is 150 cm³/mol. The number of hydrogen-bond acceptors (Lipinski definition) is 2. The van der Waals surface area contributed by atoms with Gasteiger partial charge in [0.05, 0.1) is 11.1 Å². The second-order valence-corrected chi connectivity index (χ2v) is 12.0. The zero-order chi connectivity index (χ0) is 24.7. The molecule has 3 nitrogen and oxygen atoms in total.